The largest absolute Gasteiger partial charge is 0.493 e. The van der Waals surface area contributed by atoms with Crippen LogP contribution in [-0.4, -0.2) is 58.9 Å². The minimum absolute atomic E-state index is 0.177. The highest BCUT2D eigenvalue weighted by Crippen LogP contribution is 2.45. The summed E-state index contributed by atoms with van der Waals surface area (Å²) in [6.45, 7) is 4.65. The van der Waals surface area contributed by atoms with Gasteiger partial charge in [-0.3, -0.25) is 9.69 Å². The topological polar surface area (TPSA) is 84.9 Å². The lowest BCUT2D eigenvalue weighted by molar-refractivity contribution is -0.00666. The monoisotopic (exact) mass is 586 g/mol. The Balaban J connectivity index is 1.43. The fourth-order valence-corrected chi connectivity index (χ4v) is 6.08. The van der Waals surface area contributed by atoms with E-state index in [1.165, 1.54) is 12.1 Å². The zero-order valence-electron chi connectivity index (χ0n) is 21.7. The second-order valence-corrected chi connectivity index (χ2v) is 13.1. The van der Waals surface area contributed by atoms with Crippen molar-refractivity contribution in [3.05, 3.63) is 62.9 Å². The Bertz CT molecular complexity index is 1280. The molecule has 2 aromatic carbocycles. The lowest BCUT2D eigenvalue weighted by Crippen LogP contribution is -2.51. The summed E-state index contributed by atoms with van der Waals surface area (Å²) in [5, 5.41) is 1.16. The summed E-state index contributed by atoms with van der Waals surface area (Å²) in [4.78, 5) is 14.7. The molecule has 11 heteroatoms. The molecule has 7 nitrogen and oxygen atoms in total. The molecule has 0 aromatic heterocycles. The summed E-state index contributed by atoms with van der Waals surface area (Å²) in [6, 6.07) is 8.20. The van der Waals surface area contributed by atoms with Crippen molar-refractivity contribution in [1.29, 1.82) is 0 Å². The van der Waals surface area contributed by atoms with Crippen LogP contribution in [0.4, 0.5) is 4.39 Å². The van der Waals surface area contributed by atoms with Crippen LogP contribution < -0.4 is 9.46 Å². The number of sulfonamides is 1. The molecule has 1 heterocycles. The van der Waals surface area contributed by atoms with Gasteiger partial charge in [0.25, 0.3) is 5.91 Å². The summed E-state index contributed by atoms with van der Waals surface area (Å²) in [5.74, 6) is -0.927. The van der Waals surface area contributed by atoms with Gasteiger partial charge in [-0.2, -0.15) is 0 Å². The molecule has 1 saturated carbocycles. The Hall–Kier alpha value is -1.91. The maximum absolute atomic E-state index is 14.8. The van der Waals surface area contributed by atoms with Crippen LogP contribution in [0.3, 0.4) is 0 Å². The van der Waals surface area contributed by atoms with Gasteiger partial charge in [0.05, 0.1) is 30.6 Å². The second kappa shape index (κ2) is 11.7. The summed E-state index contributed by atoms with van der Waals surface area (Å²) in [5.41, 5.74) is 1.04. The average molecular weight is 588 g/mol. The number of likely N-dealkylation sites (tertiary alicyclic amines) is 1. The first kappa shape index (κ1) is 29.1. The van der Waals surface area contributed by atoms with E-state index in [4.69, 9.17) is 32.7 Å². The van der Waals surface area contributed by atoms with Crippen molar-refractivity contribution in [2.45, 2.75) is 44.1 Å². The van der Waals surface area contributed by atoms with E-state index in [-0.39, 0.29) is 17.4 Å². The molecule has 38 heavy (non-hydrogen) atoms. The molecular weight excluding hydrogens is 554 g/mol. The third kappa shape index (κ3) is 6.99. The molecule has 2 aromatic rings. The number of halogens is 3. The Morgan fingerprint density at radius 2 is 1.74 bits per heavy atom. The van der Waals surface area contributed by atoms with Crippen LogP contribution in [0.15, 0.2) is 30.3 Å². The zero-order chi connectivity index (χ0) is 27.7. The minimum Gasteiger partial charge on any atom is -0.493 e. The van der Waals surface area contributed by atoms with Crippen molar-refractivity contribution in [3.8, 4) is 5.75 Å². The molecule has 1 atom stereocenters. The highest BCUT2D eigenvalue weighted by molar-refractivity contribution is 7.89. The van der Waals surface area contributed by atoms with E-state index in [0.717, 1.165) is 56.2 Å². The SMILES string of the molecule is COCC(C)(c1cc(Cl)cc(Cl)c1)N1CCC(COc2cc(F)c(C(=O)NS(C)(=O)=O)cc2C2CC2)CC1. The number of hydrogen-bond acceptors (Lipinski definition) is 6. The second-order valence-electron chi connectivity index (χ2n) is 10.5. The molecule has 2 aliphatic rings. The molecule has 1 unspecified atom stereocenters. The zero-order valence-corrected chi connectivity index (χ0v) is 24.1. The maximum Gasteiger partial charge on any atom is 0.267 e. The molecule has 1 aliphatic heterocycles. The van der Waals surface area contributed by atoms with Crippen LogP contribution in [0.1, 0.15) is 60.0 Å². The minimum atomic E-state index is -3.80. The normalized spacial score (nSPS) is 18.7. The Labute approximate surface area is 233 Å². The fourth-order valence-electron chi connectivity index (χ4n) is 5.11. The van der Waals surface area contributed by atoms with Crippen molar-refractivity contribution < 1.29 is 27.1 Å². The number of methoxy groups -OCH3 is 1. The van der Waals surface area contributed by atoms with Gasteiger partial charge >= 0.3 is 0 Å². The van der Waals surface area contributed by atoms with Crippen LogP contribution in [-0.2, 0) is 20.3 Å². The highest BCUT2D eigenvalue weighted by Gasteiger charge is 2.37. The molecule has 208 valence electrons. The molecule has 1 amide bonds. The first-order chi connectivity index (χ1) is 17.9. The molecule has 2 fully saturated rings. The number of hydrogen-bond donors (Lipinski definition) is 1. The summed E-state index contributed by atoms with van der Waals surface area (Å²) in [6.07, 6.45) is 4.45. The van der Waals surface area contributed by atoms with Crippen LogP contribution >= 0.6 is 23.2 Å². The molecule has 0 radical (unpaired) electrons. The summed E-state index contributed by atoms with van der Waals surface area (Å²) < 4.78 is 51.2. The molecule has 0 bridgehead atoms. The van der Waals surface area contributed by atoms with Crippen LogP contribution in [0.5, 0.6) is 5.75 Å². The molecule has 4 rings (SSSR count). The number of ether oxygens (including phenoxy) is 2. The maximum atomic E-state index is 14.8. The first-order valence-electron chi connectivity index (χ1n) is 12.6. The predicted molar refractivity (Wildman–Crippen MR) is 146 cm³/mol. The average Bonchev–Trinajstić information content (AvgIpc) is 3.67. The number of nitrogens with one attached hydrogen (secondary N) is 1. The predicted octanol–water partition coefficient (Wildman–Crippen LogP) is 5.35. The number of piperidine rings is 1. The van der Waals surface area contributed by atoms with Gasteiger partial charge in [-0.05, 0) is 92.9 Å². The molecular formula is C27H33Cl2FN2O5S. The van der Waals surface area contributed by atoms with Gasteiger partial charge in [0, 0.05) is 23.2 Å². The van der Waals surface area contributed by atoms with Crippen molar-refractivity contribution in [3.63, 3.8) is 0 Å². The van der Waals surface area contributed by atoms with E-state index < -0.39 is 27.3 Å². The standard InChI is InChI=1S/C27H33Cl2FN2O5S/c1-27(16-36-2,19-10-20(28)12-21(29)11-19)32-8-6-17(7-9-32)15-37-25-14-24(30)23(13-22(25)18-4-5-18)26(33)31-38(3,34)35/h10-14,17-18H,4-9,15-16H2,1-3H3,(H,31,33). The summed E-state index contributed by atoms with van der Waals surface area (Å²) >= 11 is 12.6. The highest BCUT2D eigenvalue weighted by atomic mass is 35.5. The van der Waals surface area contributed by atoms with Crippen LogP contribution in [0, 0.1) is 11.7 Å². The van der Waals surface area contributed by atoms with Crippen molar-refractivity contribution >= 4 is 39.1 Å². The quantitative estimate of drug-likeness (QED) is 0.404. The number of nitrogens with zero attached hydrogens (tertiary/aromatic N) is 1. The van der Waals surface area contributed by atoms with Crippen LogP contribution in [0.25, 0.3) is 0 Å². The third-order valence-electron chi connectivity index (χ3n) is 7.34. The molecule has 1 saturated heterocycles. The van der Waals surface area contributed by atoms with Gasteiger partial charge in [-0.25, -0.2) is 17.5 Å². The lowest BCUT2D eigenvalue weighted by atomic mass is 9.86. The van der Waals surface area contributed by atoms with Crippen molar-refractivity contribution in [1.82, 2.24) is 9.62 Å². The summed E-state index contributed by atoms with van der Waals surface area (Å²) in [7, 11) is -2.13. The molecule has 1 N–H and O–H groups in total. The van der Waals surface area contributed by atoms with Crippen molar-refractivity contribution in [2.24, 2.45) is 5.92 Å². The van der Waals surface area contributed by atoms with Gasteiger partial charge in [-0.1, -0.05) is 23.2 Å². The number of carbonyl (C=O) groups is 1. The van der Waals surface area contributed by atoms with E-state index in [0.29, 0.717) is 29.0 Å². The molecule has 1 aliphatic carbocycles. The fraction of sp³-hybridized carbons (Fsp3) is 0.519. The van der Waals surface area contributed by atoms with E-state index in [2.05, 4.69) is 11.8 Å². The third-order valence-corrected chi connectivity index (χ3v) is 8.33. The van der Waals surface area contributed by atoms with Gasteiger partial charge in [0.2, 0.25) is 10.0 Å². The number of rotatable bonds is 10. The Kier molecular flexibility index (Phi) is 8.94. The number of benzene rings is 2. The van der Waals surface area contributed by atoms with E-state index in [1.54, 1.807) is 13.2 Å². The van der Waals surface area contributed by atoms with Gasteiger partial charge in [0.15, 0.2) is 0 Å². The number of carbonyl (C=O) groups excluding carboxylic acids is 1. The smallest absolute Gasteiger partial charge is 0.267 e. The van der Waals surface area contributed by atoms with Gasteiger partial charge in [-0.15, -0.1) is 0 Å². The van der Waals surface area contributed by atoms with Gasteiger partial charge < -0.3 is 9.47 Å². The van der Waals surface area contributed by atoms with E-state index in [9.17, 15) is 17.6 Å². The Morgan fingerprint density at radius 3 is 2.29 bits per heavy atom. The van der Waals surface area contributed by atoms with E-state index >= 15 is 0 Å². The van der Waals surface area contributed by atoms with E-state index in [1.807, 2.05) is 16.9 Å². The first-order valence-corrected chi connectivity index (χ1v) is 15.2. The van der Waals surface area contributed by atoms with Crippen molar-refractivity contribution in [2.75, 3.05) is 39.7 Å². The van der Waals surface area contributed by atoms with Gasteiger partial charge in [0.1, 0.15) is 11.6 Å². The lowest BCUT2D eigenvalue weighted by Gasteiger charge is -2.45. The van der Waals surface area contributed by atoms with Crippen LogP contribution in [0.2, 0.25) is 10.0 Å². The molecule has 0 spiro atoms. The number of amides is 1. The Morgan fingerprint density at radius 1 is 1.11 bits per heavy atom.